The summed E-state index contributed by atoms with van der Waals surface area (Å²) in [4.78, 5) is 0. The predicted octanol–water partition coefficient (Wildman–Crippen LogP) is 1.44. The van der Waals surface area contributed by atoms with Crippen LogP contribution in [0.3, 0.4) is 0 Å². The summed E-state index contributed by atoms with van der Waals surface area (Å²) in [5, 5.41) is 0. The van der Waals surface area contributed by atoms with Crippen molar-refractivity contribution in [2.24, 2.45) is 5.92 Å². The molecule has 0 unspecified atom stereocenters. The summed E-state index contributed by atoms with van der Waals surface area (Å²) in [6, 6.07) is 0. The van der Waals surface area contributed by atoms with E-state index in [1.54, 1.807) is 0 Å². The fraction of sp³-hybridized carbons (Fsp3) is 1.00. The van der Waals surface area contributed by atoms with Crippen molar-refractivity contribution in [1.29, 1.82) is 0 Å². The first kappa shape index (κ1) is 8.96. The van der Waals surface area contributed by atoms with Gasteiger partial charge in [-0.3, -0.25) is 0 Å². The van der Waals surface area contributed by atoms with Gasteiger partial charge >= 0.3 is 0 Å². The van der Waals surface area contributed by atoms with E-state index in [1.807, 2.05) is 0 Å². The van der Waals surface area contributed by atoms with Crippen LogP contribution in [0, 0.1) is 5.92 Å². The van der Waals surface area contributed by atoms with Crippen molar-refractivity contribution in [3.8, 4) is 0 Å². The third-order valence-electron chi connectivity index (χ3n) is 1.95. The molecule has 1 nitrogen and oxygen atoms in total. The number of hydrogen-bond acceptors (Lipinski definition) is 0. The molecule has 1 atom stereocenters. The molecule has 0 aliphatic carbocycles. The van der Waals surface area contributed by atoms with Crippen LogP contribution in [0.1, 0.15) is 39.5 Å². The third kappa shape index (κ3) is 4.46. The quantitative estimate of drug-likeness (QED) is 0.583. The molecule has 0 saturated carbocycles. The lowest BCUT2D eigenvalue weighted by Crippen LogP contribution is -2.53. The van der Waals surface area contributed by atoms with Crippen molar-refractivity contribution in [2.45, 2.75) is 39.5 Å². The van der Waals surface area contributed by atoms with Gasteiger partial charge in [-0.05, 0) is 12.8 Å². The molecular weight excluding hydrogens is 110 g/mol. The topological polar surface area (TPSA) is 27.6 Å². The maximum Gasteiger partial charge on any atom is 0.0768 e. The number of rotatable bonds is 5. The van der Waals surface area contributed by atoms with Gasteiger partial charge in [0.25, 0.3) is 0 Å². The average Bonchev–Trinajstić information content (AvgIpc) is 1.91. The maximum absolute atomic E-state index is 3.91. The maximum atomic E-state index is 3.91. The average molecular weight is 130 g/mol. The van der Waals surface area contributed by atoms with Crippen molar-refractivity contribution in [2.75, 3.05) is 6.54 Å². The molecule has 0 aliphatic heterocycles. The van der Waals surface area contributed by atoms with E-state index in [9.17, 15) is 0 Å². The summed E-state index contributed by atoms with van der Waals surface area (Å²) in [7, 11) is 0. The Bertz CT molecular complexity index is 48.5. The van der Waals surface area contributed by atoms with Crippen LogP contribution < -0.4 is 5.73 Å². The molecule has 0 fully saturated rings. The van der Waals surface area contributed by atoms with Crippen LogP contribution in [0.25, 0.3) is 0 Å². The van der Waals surface area contributed by atoms with E-state index in [4.69, 9.17) is 0 Å². The van der Waals surface area contributed by atoms with Crippen LogP contribution in [0.2, 0.25) is 0 Å². The Morgan fingerprint density at radius 1 is 1.33 bits per heavy atom. The smallest absolute Gasteiger partial charge is 0.0768 e. The molecule has 9 heavy (non-hydrogen) atoms. The van der Waals surface area contributed by atoms with Gasteiger partial charge in [0.1, 0.15) is 0 Å². The summed E-state index contributed by atoms with van der Waals surface area (Å²) in [5.74, 6) is 0.893. The zero-order chi connectivity index (χ0) is 7.11. The summed E-state index contributed by atoms with van der Waals surface area (Å²) in [5.41, 5.74) is 3.91. The van der Waals surface area contributed by atoms with Gasteiger partial charge in [0.15, 0.2) is 0 Å². The van der Waals surface area contributed by atoms with Crippen molar-refractivity contribution < 1.29 is 5.73 Å². The first-order valence-electron chi connectivity index (χ1n) is 4.14. The predicted molar refractivity (Wildman–Crippen MR) is 41.1 cm³/mol. The van der Waals surface area contributed by atoms with E-state index in [1.165, 1.54) is 25.7 Å². The summed E-state index contributed by atoms with van der Waals surface area (Å²) in [6.07, 6.45) is 5.41. The summed E-state index contributed by atoms with van der Waals surface area (Å²) < 4.78 is 0. The Kier molecular flexibility index (Phi) is 6.06. The van der Waals surface area contributed by atoms with Gasteiger partial charge in [-0.1, -0.05) is 26.7 Å². The van der Waals surface area contributed by atoms with Crippen LogP contribution in [-0.4, -0.2) is 6.54 Å². The zero-order valence-corrected chi connectivity index (χ0v) is 6.82. The van der Waals surface area contributed by atoms with E-state index in [0.29, 0.717) is 0 Å². The standard InChI is InChI=1S/C8H19N/c1-3-5-6-8(4-2)7-9/h8H,3-7,9H2,1-2H3/p+1/t8-/m1/s1. The number of unbranched alkanes of at least 4 members (excludes halogenated alkanes) is 1. The zero-order valence-electron chi connectivity index (χ0n) is 6.82. The lowest BCUT2D eigenvalue weighted by molar-refractivity contribution is -0.379. The van der Waals surface area contributed by atoms with Crippen molar-refractivity contribution in [3.63, 3.8) is 0 Å². The molecule has 56 valence electrons. The van der Waals surface area contributed by atoms with Gasteiger partial charge < -0.3 is 5.73 Å². The summed E-state index contributed by atoms with van der Waals surface area (Å²) >= 11 is 0. The minimum absolute atomic E-state index is 0.893. The Morgan fingerprint density at radius 2 is 2.00 bits per heavy atom. The largest absolute Gasteiger partial charge is 0.357 e. The minimum atomic E-state index is 0.893. The molecule has 1 heteroatoms. The van der Waals surface area contributed by atoms with Crippen LogP contribution in [0.15, 0.2) is 0 Å². The number of hydrogen-bond donors (Lipinski definition) is 1. The molecule has 0 heterocycles. The molecule has 3 N–H and O–H groups in total. The van der Waals surface area contributed by atoms with Gasteiger partial charge in [0.05, 0.1) is 6.54 Å². The molecule has 0 bridgehead atoms. The normalized spacial score (nSPS) is 13.7. The van der Waals surface area contributed by atoms with Crippen molar-refractivity contribution >= 4 is 0 Å². The highest BCUT2D eigenvalue weighted by atomic mass is 14.5. The van der Waals surface area contributed by atoms with E-state index in [0.717, 1.165) is 12.5 Å². The minimum Gasteiger partial charge on any atom is -0.357 e. The van der Waals surface area contributed by atoms with Crippen molar-refractivity contribution in [1.82, 2.24) is 0 Å². The Labute approximate surface area is 58.6 Å². The van der Waals surface area contributed by atoms with Crippen molar-refractivity contribution in [3.05, 3.63) is 0 Å². The van der Waals surface area contributed by atoms with Crippen LogP contribution >= 0.6 is 0 Å². The van der Waals surface area contributed by atoms with Gasteiger partial charge in [-0.25, -0.2) is 0 Å². The van der Waals surface area contributed by atoms with Crippen LogP contribution in [0.4, 0.5) is 0 Å². The first-order valence-corrected chi connectivity index (χ1v) is 4.14. The Morgan fingerprint density at radius 3 is 2.33 bits per heavy atom. The first-order chi connectivity index (χ1) is 4.35. The second-order valence-electron chi connectivity index (χ2n) is 2.71. The van der Waals surface area contributed by atoms with Crippen LogP contribution in [-0.2, 0) is 0 Å². The second kappa shape index (κ2) is 6.09. The van der Waals surface area contributed by atoms with E-state index < -0.39 is 0 Å². The van der Waals surface area contributed by atoms with Gasteiger partial charge in [0, 0.05) is 5.92 Å². The number of quaternary nitrogens is 1. The monoisotopic (exact) mass is 130 g/mol. The Balaban J connectivity index is 3.09. The van der Waals surface area contributed by atoms with E-state index >= 15 is 0 Å². The summed E-state index contributed by atoms with van der Waals surface area (Å²) in [6.45, 7) is 5.62. The molecule has 0 rings (SSSR count). The van der Waals surface area contributed by atoms with Gasteiger partial charge in [0.2, 0.25) is 0 Å². The molecule has 0 spiro atoms. The molecular formula is C8H20N+. The molecule has 0 aromatic carbocycles. The molecule has 0 aromatic heterocycles. The highest BCUT2D eigenvalue weighted by Crippen LogP contribution is 2.09. The Hall–Kier alpha value is -0.0400. The van der Waals surface area contributed by atoms with E-state index in [-0.39, 0.29) is 0 Å². The SMILES string of the molecule is CCCC[C@@H](CC)C[NH3+]. The highest BCUT2D eigenvalue weighted by Gasteiger charge is 2.02. The fourth-order valence-corrected chi connectivity index (χ4v) is 1.05. The second-order valence-corrected chi connectivity index (χ2v) is 2.71. The third-order valence-corrected chi connectivity index (χ3v) is 1.95. The van der Waals surface area contributed by atoms with Crippen LogP contribution in [0.5, 0.6) is 0 Å². The van der Waals surface area contributed by atoms with E-state index in [2.05, 4.69) is 19.6 Å². The molecule has 0 radical (unpaired) electrons. The molecule has 0 aromatic rings. The van der Waals surface area contributed by atoms with Gasteiger partial charge in [-0.2, -0.15) is 0 Å². The molecule has 0 amide bonds. The molecule has 0 aliphatic rings. The molecule has 0 saturated heterocycles. The lowest BCUT2D eigenvalue weighted by atomic mass is 10.00. The van der Waals surface area contributed by atoms with Gasteiger partial charge in [-0.15, -0.1) is 0 Å². The fourth-order valence-electron chi connectivity index (χ4n) is 1.05. The lowest BCUT2D eigenvalue weighted by Gasteiger charge is -2.07. The highest BCUT2D eigenvalue weighted by molar-refractivity contribution is 4.52.